The number of hydrogen-bond acceptors (Lipinski definition) is 3. The second kappa shape index (κ2) is 9.08. The molecule has 4 heteroatoms. The third kappa shape index (κ3) is 6.00. The maximum absolute atomic E-state index is 5.66. The molecule has 1 N–H and O–H groups in total. The molecule has 1 atom stereocenters. The summed E-state index contributed by atoms with van der Waals surface area (Å²) in [5, 5.41) is 3.69. The van der Waals surface area contributed by atoms with E-state index in [0.29, 0.717) is 5.54 Å². The highest BCUT2D eigenvalue weighted by molar-refractivity contribution is 6.12. The summed E-state index contributed by atoms with van der Waals surface area (Å²) in [5.41, 5.74) is 0.553. The van der Waals surface area contributed by atoms with Gasteiger partial charge in [-0.15, -0.1) is 0 Å². The molecular formula is C13H29NO2Si. The number of nitrogens with one attached hydrogen (secondary N) is 1. The average Bonchev–Trinajstić information content (AvgIpc) is 2.37. The van der Waals surface area contributed by atoms with Crippen LogP contribution in [0, 0.1) is 0 Å². The zero-order chi connectivity index (χ0) is 12.5. The Morgan fingerprint density at radius 1 is 1.12 bits per heavy atom. The van der Waals surface area contributed by atoms with E-state index in [1.54, 1.807) is 0 Å². The molecule has 0 aromatic heterocycles. The first-order valence-corrected chi connectivity index (χ1v) is 8.40. The first kappa shape index (κ1) is 15.2. The third-order valence-corrected chi connectivity index (χ3v) is 4.41. The van der Waals surface area contributed by atoms with Gasteiger partial charge in [-0.3, -0.25) is 0 Å². The highest BCUT2D eigenvalue weighted by atomic mass is 28.1. The van der Waals surface area contributed by atoms with Crippen molar-refractivity contribution in [1.82, 2.24) is 5.32 Å². The first-order valence-electron chi connectivity index (χ1n) is 7.24. The summed E-state index contributed by atoms with van der Waals surface area (Å²) >= 11 is 0. The fraction of sp³-hybridized carbons (Fsp3) is 1.00. The molecule has 0 aromatic carbocycles. The lowest BCUT2D eigenvalue weighted by Gasteiger charge is -2.28. The van der Waals surface area contributed by atoms with E-state index >= 15 is 0 Å². The van der Waals surface area contributed by atoms with Gasteiger partial charge in [-0.2, -0.15) is 0 Å². The van der Waals surface area contributed by atoms with E-state index in [-0.39, 0.29) is 6.29 Å². The summed E-state index contributed by atoms with van der Waals surface area (Å²) in [6, 6.07) is 0.740. The third-order valence-electron chi connectivity index (χ3n) is 3.46. The molecule has 1 unspecified atom stereocenters. The molecule has 0 heterocycles. The highest BCUT2D eigenvalue weighted by Crippen LogP contribution is 2.18. The average molecular weight is 259 g/mol. The molecule has 0 bridgehead atoms. The minimum absolute atomic E-state index is 0.00718. The molecule has 1 aliphatic rings. The van der Waals surface area contributed by atoms with E-state index < -0.39 is 0 Å². The minimum atomic E-state index is 0.00718. The van der Waals surface area contributed by atoms with E-state index in [1.165, 1.54) is 32.1 Å². The molecule has 0 saturated heterocycles. The second-order valence-electron chi connectivity index (χ2n) is 5.00. The van der Waals surface area contributed by atoms with Crippen LogP contribution in [0.3, 0.4) is 0 Å². The van der Waals surface area contributed by atoms with Crippen molar-refractivity contribution >= 4 is 10.2 Å². The Bertz CT molecular complexity index is 180. The molecular weight excluding hydrogens is 230 g/mol. The summed E-state index contributed by atoms with van der Waals surface area (Å²) < 4.78 is 11.3. The lowest BCUT2D eigenvalue weighted by atomic mass is 9.95. The summed E-state index contributed by atoms with van der Waals surface area (Å²) in [6.07, 6.45) is 6.91. The summed E-state index contributed by atoms with van der Waals surface area (Å²) in [4.78, 5) is 0. The highest BCUT2D eigenvalue weighted by Gasteiger charge is 2.19. The standard InChI is InChI=1S/C13H29NO2Si/c1-3-15-13(16-4-2)12(17)10-14-11-8-6-5-7-9-11/h11-14H,3-10H2,1-2,17H3. The maximum Gasteiger partial charge on any atom is 0.158 e. The number of ether oxygens (including phenoxy) is 2. The normalized spacial score (nSPS) is 19.9. The Hall–Kier alpha value is 0.0969. The van der Waals surface area contributed by atoms with E-state index in [0.717, 1.165) is 36.0 Å². The first-order chi connectivity index (χ1) is 8.27. The van der Waals surface area contributed by atoms with Gasteiger partial charge in [0, 0.05) is 35.0 Å². The fourth-order valence-corrected chi connectivity index (χ4v) is 3.08. The van der Waals surface area contributed by atoms with Crippen molar-refractivity contribution < 1.29 is 9.47 Å². The molecule has 17 heavy (non-hydrogen) atoms. The molecule has 1 fully saturated rings. The smallest absolute Gasteiger partial charge is 0.158 e. The summed E-state index contributed by atoms with van der Waals surface area (Å²) in [5.74, 6) is 0. The SMILES string of the molecule is CCOC(OCC)C([SiH3])CNC1CCCCC1. The van der Waals surface area contributed by atoms with Crippen LogP contribution in [0.1, 0.15) is 46.0 Å². The monoisotopic (exact) mass is 259 g/mol. The zero-order valence-electron chi connectivity index (χ0n) is 11.7. The van der Waals surface area contributed by atoms with Gasteiger partial charge in [0.05, 0.1) is 0 Å². The van der Waals surface area contributed by atoms with E-state index in [1.807, 2.05) is 13.8 Å². The van der Waals surface area contributed by atoms with Crippen molar-refractivity contribution in [2.24, 2.45) is 0 Å². The number of rotatable bonds is 8. The Morgan fingerprint density at radius 2 is 1.71 bits per heavy atom. The Labute approximate surface area is 109 Å². The molecule has 0 spiro atoms. The molecule has 102 valence electrons. The van der Waals surface area contributed by atoms with Crippen LogP contribution in [0.2, 0.25) is 5.54 Å². The van der Waals surface area contributed by atoms with Gasteiger partial charge in [0.15, 0.2) is 6.29 Å². The van der Waals surface area contributed by atoms with Crippen LogP contribution in [0.25, 0.3) is 0 Å². The maximum atomic E-state index is 5.66. The van der Waals surface area contributed by atoms with Gasteiger partial charge in [0.25, 0.3) is 0 Å². The molecule has 0 aromatic rings. The van der Waals surface area contributed by atoms with Gasteiger partial charge in [-0.05, 0) is 33.2 Å². The molecule has 0 aliphatic heterocycles. The van der Waals surface area contributed by atoms with Crippen molar-refractivity contribution in [3.05, 3.63) is 0 Å². The molecule has 0 radical (unpaired) electrons. The lowest BCUT2D eigenvalue weighted by Crippen LogP contribution is -2.37. The van der Waals surface area contributed by atoms with Crippen molar-refractivity contribution in [2.45, 2.75) is 63.8 Å². The Kier molecular flexibility index (Phi) is 8.10. The van der Waals surface area contributed by atoms with Gasteiger partial charge < -0.3 is 14.8 Å². The van der Waals surface area contributed by atoms with Gasteiger partial charge in [0.1, 0.15) is 0 Å². The topological polar surface area (TPSA) is 30.5 Å². The summed E-state index contributed by atoms with van der Waals surface area (Å²) in [7, 11) is 1.12. The largest absolute Gasteiger partial charge is 0.353 e. The lowest BCUT2D eigenvalue weighted by molar-refractivity contribution is -0.138. The van der Waals surface area contributed by atoms with Crippen LogP contribution in [0.15, 0.2) is 0 Å². The predicted molar refractivity (Wildman–Crippen MR) is 75.6 cm³/mol. The van der Waals surface area contributed by atoms with E-state index in [9.17, 15) is 0 Å². The van der Waals surface area contributed by atoms with Gasteiger partial charge in [-0.25, -0.2) is 0 Å². The van der Waals surface area contributed by atoms with Crippen LogP contribution in [0.5, 0.6) is 0 Å². The Morgan fingerprint density at radius 3 is 2.24 bits per heavy atom. The molecule has 1 aliphatic carbocycles. The van der Waals surface area contributed by atoms with E-state index in [2.05, 4.69) is 5.32 Å². The molecule has 1 saturated carbocycles. The quantitative estimate of drug-likeness (QED) is 0.529. The van der Waals surface area contributed by atoms with Gasteiger partial charge in [-0.1, -0.05) is 19.3 Å². The van der Waals surface area contributed by atoms with Crippen molar-refractivity contribution in [3.8, 4) is 0 Å². The fourth-order valence-electron chi connectivity index (χ4n) is 2.46. The minimum Gasteiger partial charge on any atom is -0.353 e. The van der Waals surface area contributed by atoms with Gasteiger partial charge in [0.2, 0.25) is 0 Å². The van der Waals surface area contributed by atoms with Crippen LogP contribution in [0.4, 0.5) is 0 Å². The van der Waals surface area contributed by atoms with Gasteiger partial charge >= 0.3 is 0 Å². The van der Waals surface area contributed by atoms with Crippen LogP contribution >= 0.6 is 0 Å². The molecule has 3 nitrogen and oxygen atoms in total. The molecule has 0 amide bonds. The van der Waals surface area contributed by atoms with Crippen LogP contribution < -0.4 is 5.32 Å². The van der Waals surface area contributed by atoms with Crippen molar-refractivity contribution in [2.75, 3.05) is 19.8 Å². The zero-order valence-corrected chi connectivity index (χ0v) is 13.7. The Balaban J connectivity index is 2.22. The number of hydrogen-bond donors (Lipinski definition) is 1. The van der Waals surface area contributed by atoms with Crippen LogP contribution in [-0.2, 0) is 9.47 Å². The predicted octanol–water partition coefficient (Wildman–Crippen LogP) is 1.46. The van der Waals surface area contributed by atoms with Crippen molar-refractivity contribution in [1.29, 1.82) is 0 Å². The second-order valence-corrected chi connectivity index (χ2v) is 6.48. The molecule has 1 rings (SSSR count). The van der Waals surface area contributed by atoms with Crippen molar-refractivity contribution in [3.63, 3.8) is 0 Å². The van der Waals surface area contributed by atoms with E-state index in [4.69, 9.17) is 9.47 Å². The summed E-state index contributed by atoms with van der Waals surface area (Å²) in [6.45, 7) is 6.62. The van der Waals surface area contributed by atoms with Crippen LogP contribution in [-0.4, -0.2) is 42.3 Å².